The molecule has 0 radical (unpaired) electrons. The molecule has 0 aliphatic rings. The fourth-order valence-corrected chi connectivity index (χ4v) is 2.11. The molecule has 0 saturated carbocycles. The van der Waals surface area contributed by atoms with Crippen molar-refractivity contribution in [3.05, 3.63) is 71.5 Å². The molecule has 0 bridgehead atoms. The number of amides is 1. The minimum absolute atomic E-state index is 0.0597. The second-order valence-electron chi connectivity index (χ2n) is 5.39. The van der Waals surface area contributed by atoms with Crippen LogP contribution in [0.5, 0.6) is 0 Å². The van der Waals surface area contributed by atoms with Crippen molar-refractivity contribution >= 4 is 5.91 Å². The average Bonchev–Trinajstić information content (AvgIpc) is 2.53. The predicted octanol–water partition coefficient (Wildman–Crippen LogP) is 1.85. The fraction of sp³-hybridized carbons (Fsp3) is 0.235. The van der Waals surface area contributed by atoms with E-state index >= 15 is 0 Å². The molecule has 0 heterocycles. The van der Waals surface area contributed by atoms with Crippen molar-refractivity contribution < 1.29 is 14.3 Å². The SMILES string of the molecule is CC(O)(CNC(=O)C(N)c1ccccc1)c1cccc(F)c1. The first-order valence-corrected chi connectivity index (χ1v) is 6.97. The molecule has 2 aromatic rings. The first-order chi connectivity index (χ1) is 10.4. The molecule has 0 fully saturated rings. The molecule has 5 heteroatoms. The Kier molecular flexibility index (Phi) is 4.90. The number of hydrogen-bond acceptors (Lipinski definition) is 3. The second-order valence-corrected chi connectivity index (χ2v) is 5.39. The lowest BCUT2D eigenvalue weighted by Crippen LogP contribution is -2.42. The van der Waals surface area contributed by atoms with Gasteiger partial charge in [0.25, 0.3) is 0 Å². The maximum atomic E-state index is 13.2. The third kappa shape index (κ3) is 3.90. The lowest BCUT2D eigenvalue weighted by Gasteiger charge is -2.25. The topological polar surface area (TPSA) is 75.3 Å². The highest BCUT2D eigenvalue weighted by Gasteiger charge is 2.25. The largest absolute Gasteiger partial charge is 0.384 e. The summed E-state index contributed by atoms with van der Waals surface area (Å²) >= 11 is 0. The van der Waals surface area contributed by atoms with E-state index in [-0.39, 0.29) is 6.54 Å². The van der Waals surface area contributed by atoms with Crippen LogP contribution in [0.3, 0.4) is 0 Å². The van der Waals surface area contributed by atoms with Gasteiger partial charge in [-0.25, -0.2) is 4.39 Å². The van der Waals surface area contributed by atoms with Crippen LogP contribution in [0.2, 0.25) is 0 Å². The van der Waals surface area contributed by atoms with Crippen molar-refractivity contribution in [3.63, 3.8) is 0 Å². The quantitative estimate of drug-likeness (QED) is 0.789. The van der Waals surface area contributed by atoms with E-state index in [2.05, 4.69) is 5.32 Å². The van der Waals surface area contributed by atoms with E-state index in [0.717, 1.165) is 0 Å². The number of nitrogens with one attached hydrogen (secondary N) is 1. The Hall–Kier alpha value is -2.24. The summed E-state index contributed by atoms with van der Waals surface area (Å²) in [4.78, 5) is 12.1. The van der Waals surface area contributed by atoms with Crippen molar-refractivity contribution in [2.45, 2.75) is 18.6 Å². The number of carbonyl (C=O) groups excluding carboxylic acids is 1. The molecule has 2 unspecified atom stereocenters. The molecule has 2 rings (SSSR count). The van der Waals surface area contributed by atoms with Gasteiger partial charge in [0.2, 0.25) is 5.91 Å². The lowest BCUT2D eigenvalue weighted by molar-refractivity contribution is -0.123. The Morgan fingerprint density at radius 1 is 1.27 bits per heavy atom. The average molecular weight is 302 g/mol. The van der Waals surface area contributed by atoms with Gasteiger partial charge in [0.1, 0.15) is 17.5 Å². The van der Waals surface area contributed by atoms with Crippen LogP contribution in [0.25, 0.3) is 0 Å². The van der Waals surface area contributed by atoms with E-state index in [1.807, 2.05) is 6.07 Å². The van der Waals surface area contributed by atoms with Crippen LogP contribution in [0.4, 0.5) is 4.39 Å². The molecule has 0 aliphatic heterocycles. The minimum Gasteiger partial charge on any atom is -0.384 e. The molecule has 0 aliphatic carbocycles. The molecule has 1 amide bonds. The second kappa shape index (κ2) is 6.68. The normalized spacial score (nSPS) is 14.9. The van der Waals surface area contributed by atoms with Crippen molar-refractivity contribution in [3.8, 4) is 0 Å². The smallest absolute Gasteiger partial charge is 0.241 e. The Morgan fingerprint density at radius 3 is 2.59 bits per heavy atom. The summed E-state index contributed by atoms with van der Waals surface area (Å²) in [6.07, 6.45) is 0. The highest BCUT2D eigenvalue weighted by molar-refractivity contribution is 5.82. The van der Waals surface area contributed by atoms with E-state index in [9.17, 15) is 14.3 Å². The van der Waals surface area contributed by atoms with Gasteiger partial charge >= 0.3 is 0 Å². The van der Waals surface area contributed by atoms with Crippen molar-refractivity contribution in [1.29, 1.82) is 0 Å². The Labute approximate surface area is 128 Å². The molecule has 0 spiro atoms. The van der Waals surface area contributed by atoms with Gasteiger partial charge in [0, 0.05) is 0 Å². The van der Waals surface area contributed by atoms with Crippen LogP contribution in [-0.2, 0) is 10.4 Å². The zero-order valence-electron chi connectivity index (χ0n) is 12.3. The molecule has 2 atom stereocenters. The third-order valence-corrected chi connectivity index (χ3v) is 3.49. The van der Waals surface area contributed by atoms with Crippen molar-refractivity contribution in [1.82, 2.24) is 5.32 Å². The number of aliphatic hydroxyl groups is 1. The van der Waals surface area contributed by atoms with Crippen LogP contribution in [0.1, 0.15) is 24.1 Å². The Balaban J connectivity index is 2.01. The standard InChI is InChI=1S/C17H19FN2O2/c1-17(22,13-8-5-9-14(18)10-13)11-20-16(21)15(19)12-6-3-2-4-7-12/h2-10,15,22H,11,19H2,1H3,(H,20,21). The van der Waals surface area contributed by atoms with Gasteiger partial charge in [0.15, 0.2) is 0 Å². The molecule has 22 heavy (non-hydrogen) atoms. The highest BCUT2D eigenvalue weighted by Crippen LogP contribution is 2.20. The van der Waals surface area contributed by atoms with Gasteiger partial charge in [-0.2, -0.15) is 0 Å². The van der Waals surface area contributed by atoms with Gasteiger partial charge in [-0.15, -0.1) is 0 Å². The highest BCUT2D eigenvalue weighted by atomic mass is 19.1. The molecule has 0 saturated heterocycles. The van der Waals surface area contributed by atoms with E-state index in [1.54, 1.807) is 30.3 Å². The van der Waals surface area contributed by atoms with Gasteiger partial charge in [-0.1, -0.05) is 42.5 Å². The summed E-state index contributed by atoms with van der Waals surface area (Å²) in [7, 11) is 0. The first-order valence-electron chi connectivity index (χ1n) is 6.97. The maximum Gasteiger partial charge on any atom is 0.241 e. The molecule has 0 aromatic heterocycles. The van der Waals surface area contributed by atoms with E-state index in [4.69, 9.17) is 5.73 Å². The number of halogens is 1. The van der Waals surface area contributed by atoms with Crippen LogP contribution < -0.4 is 11.1 Å². The lowest BCUT2D eigenvalue weighted by atomic mass is 9.95. The Morgan fingerprint density at radius 2 is 1.95 bits per heavy atom. The Bertz CT molecular complexity index is 644. The van der Waals surface area contributed by atoms with Crippen molar-refractivity contribution in [2.24, 2.45) is 5.73 Å². The van der Waals surface area contributed by atoms with Gasteiger partial charge in [-0.3, -0.25) is 4.79 Å². The summed E-state index contributed by atoms with van der Waals surface area (Å²) in [5.74, 6) is -0.840. The number of rotatable bonds is 5. The summed E-state index contributed by atoms with van der Waals surface area (Å²) < 4.78 is 13.2. The number of nitrogens with two attached hydrogens (primary N) is 1. The van der Waals surface area contributed by atoms with E-state index in [0.29, 0.717) is 11.1 Å². The number of carbonyl (C=O) groups is 1. The van der Waals surface area contributed by atoms with Gasteiger partial charge in [0.05, 0.1) is 6.54 Å². The summed E-state index contributed by atoms with van der Waals surface area (Å²) in [6, 6.07) is 13.8. The maximum absolute atomic E-state index is 13.2. The van der Waals surface area contributed by atoms with Gasteiger partial charge < -0.3 is 16.2 Å². The van der Waals surface area contributed by atoms with Crippen molar-refractivity contribution in [2.75, 3.05) is 6.54 Å². The summed E-state index contributed by atoms with van der Waals surface area (Å²) in [5, 5.41) is 13.0. The van der Waals surface area contributed by atoms with Crippen LogP contribution in [0.15, 0.2) is 54.6 Å². The molecule has 4 nitrogen and oxygen atoms in total. The molecule has 116 valence electrons. The summed E-state index contributed by atoms with van der Waals surface area (Å²) in [6.45, 7) is 1.45. The van der Waals surface area contributed by atoms with Crippen LogP contribution in [0, 0.1) is 5.82 Å². The van der Waals surface area contributed by atoms with Gasteiger partial charge in [-0.05, 0) is 30.2 Å². The predicted molar refractivity (Wildman–Crippen MR) is 82.4 cm³/mol. The molecule has 2 aromatic carbocycles. The number of benzene rings is 2. The van der Waals surface area contributed by atoms with Crippen LogP contribution >= 0.6 is 0 Å². The summed E-state index contributed by atoms with van der Waals surface area (Å²) in [5.41, 5.74) is 5.57. The minimum atomic E-state index is -1.38. The third-order valence-electron chi connectivity index (χ3n) is 3.49. The van der Waals surface area contributed by atoms with E-state index in [1.165, 1.54) is 25.1 Å². The monoisotopic (exact) mass is 302 g/mol. The van der Waals surface area contributed by atoms with Crippen LogP contribution in [-0.4, -0.2) is 17.6 Å². The molecular formula is C17H19FN2O2. The molecular weight excluding hydrogens is 283 g/mol. The first kappa shape index (κ1) is 16.1. The fourth-order valence-electron chi connectivity index (χ4n) is 2.11. The number of hydrogen-bond donors (Lipinski definition) is 3. The van der Waals surface area contributed by atoms with E-state index < -0.39 is 23.4 Å². The zero-order chi connectivity index (χ0) is 16.2. The molecule has 4 N–H and O–H groups in total. The zero-order valence-corrected chi connectivity index (χ0v) is 12.3.